The number of benzene rings is 3. The summed E-state index contributed by atoms with van der Waals surface area (Å²) in [7, 11) is 0. The van der Waals surface area contributed by atoms with E-state index in [9.17, 15) is 27.6 Å². The molecule has 0 unspecified atom stereocenters. The first-order valence-corrected chi connectivity index (χ1v) is 12.3. The summed E-state index contributed by atoms with van der Waals surface area (Å²) in [6.07, 6.45) is -3.16. The predicted molar refractivity (Wildman–Crippen MR) is 142 cm³/mol. The molecule has 5 rings (SSSR count). The van der Waals surface area contributed by atoms with Crippen molar-refractivity contribution in [3.05, 3.63) is 83.4 Å². The van der Waals surface area contributed by atoms with Gasteiger partial charge >= 0.3 is 12.1 Å². The minimum Gasteiger partial charge on any atom is -0.482 e. The number of halogens is 3. The van der Waals surface area contributed by atoms with Gasteiger partial charge in [-0.25, -0.2) is 4.79 Å². The maximum atomic E-state index is 13.3. The molecule has 2 aliphatic rings. The Bertz CT molecular complexity index is 1460. The number of ether oxygens (including phenoxy) is 1. The lowest BCUT2D eigenvalue weighted by Gasteiger charge is -2.24. The monoisotopic (exact) mass is 570 g/mol. The average Bonchev–Trinajstić information content (AvgIpc) is 3.78. The number of nitrogens with two attached hydrogens (primary N) is 1. The van der Waals surface area contributed by atoms with Crippen LogP contribution in [0.5, 0.6) is 5.75 Å². The Morgan fingerprint density at radius 2 is 1.61 bits per heavy atom. The number of carboxylic acids is 1. The van der Waals surface area contributed by atoms with E-state index in [4.69, 9.17) is 20.4 Å². The first-order chi connectivity index (χ1) is 19.4. The number of carbonyl (C=O) groups excluding carboxylic acids is 3. The van der Waals surface area contributed by atoms with Gasteiger partial charge in [-0.05, 0) is 73.0 Å². The van der Waals surface area contributed by atoms with Gasteiger partial charge in [0.2, 0.25) is 0 Å². The predicted octanol–water partition coefficient (Wildman–Crippen LogP) is 4.29. The van der Waals surface area contributed by atoms with Crippen LogP contribution in [0, 0.1) is 0 Å². The lowest BCUT2D eigenvalue weighted by molar-refractivity contribution is -0.192. The molecular formula is C28H25F3N4O6. The second-order valence-corrected chi connectivity index (χ2v) is 9.29. The van der Waals surface area contributed by atoms with Crippen molar-refractivity contribution >= 4 is 40.8 Å². The Labute approximate surface area is 231 Å². The number of alkyl halides is 3. The van der Waals surface area contributed by atoms with E-state index >= 15 is 0 Å². The van der Waals surface area contributed by atoms with E-state index in [0.717, 1.165) is 18.4 Å². The number of aliphatic carboxylic acids is 1. The summed E-state index contributed by atoms with van der Waals surface area (Å²) in [5.74, 6) is -2.77. The number of hydrogen-bond donors (Lipinski definition) is 4. The highest BCUT2D eigenvalue weighted by atomic mass is 19.4. The molecule has 41 heavy (non-hydrogen) atoms. The highest BCUT2D eigenvalue weighted by molar-refractivity contribution is 6.04. The van der Waals surface area contributed by atoms with E-state index in [2.05, 4.69) is 10.6 Å². The van der Waals surface area contributed by atoms with Gasteiger partial charge in [0.05, 0.1) is 5.69 Å². The number of amides is 3. The van der Waals surface area contributed by atoms with Gasteiger partial charge in [0.25, 0.3) is 17.7 Å². The van der Waals surface area contributed by atoms with Crippen LogP contribution in [0.3, 0.4) is 0 Å². The lowest BCUT2D eigenvalue weighted by atomic mass is 10.1. The molecule has 1 aliphatic carbocycles. The molecule has 214 valence electrons. The molecule has 3 amide bonds. The third kappa shape index (κ3) is 7.75. The molecular weight excluding hydrogens is 545 g/mol. The van der Waals surface area contributed by atoms with Crippen molar-refractivity contribution in [1.29, 1.82) is 0 Å². The number of nitrogen functional groups attached to an aromatic ring is 1. The van der Waals surface area contributed by atoms with Crippen LogP contribution >= 0.6 is 0 Å². The number of rotatable bonds is 6. The van der Waals surface area contributed by atoms with Crippen LogP contribution in [-0.4, -0.2) is 52.5 Å². The third-order valence-electron chi connectivity index (χ3n) is 6.09. The molecule has 10 nitrogen and oxygen atoms in total. The van der Waals surface area contributed by atoms with Crippen molar-refractivity contribution in [3.63, 3.8) is 0 Å². The molecule has 0 spiro atoms. The molecule has 1 fully saturated rings. The molecule has 0 bridgehead atoms. The summed E-state index contributed by atoms with van der Waals surface area (Å²) < 4.78 is 37.2. The normalized spacial score (nSPS) is 13.9. The third-order valence-corrected chi connectivity index (χ3v) is 6.09. The summed E-state index contributed by atoms with van der Waals surface area (Å²) in [5, 5.41) is 12.7. The zero-order valence-electron chi connectivity index (χ0n) is 21.4. The van der Waals surface area contributed by atoms with Crippen molar-refractivity contribution in [1.82, 2.24) is 4.90 Å². The van der Waals surface area contributed by atoms with Crippen molar-refractivity contribution in [3.8, 4) is 5.75 Å². The van der Waals surface area contributed by atoms with Crippen molar-refractivity contribution in [2.75, 3.05) is 23.0 Å². The van der Waals surface area contributed by atoms with Crippen LogP contribution in [0.25, 0.3) is 0 Å². The first-order valence-electron chi connectivity index (χ1n) is 12.3. The van der Waals surface area contributed by atoms with Gasteiger partial charge in [-0.2, -0.15) is 13.2 Å². The summed E-state index contributed by atoms with van der Waals surface area (Å²) >= 11 is 0. The van der Waals surface area contributed by atoms with Crippen LogP contribution in [0.4, 0.5) is 30.2 Å². The highest BCUT2D eigenvalue weighted by Gasteiger charge is 2.38. The van der Waals surface area contributed by atoms with Gasteiger partial charge in [0.1, 0.15) is 5.75 Å². The second kappa shape index (κ2) is 12.0. The van der Waals surface area contributed by atoms with Crippen molar-refractivity contribution in [2.24, 2.45) is 0 Å². The van der Waals surface area contributed by atoms with E-state index in [1.807, 2.05) is 17.0 Å². The van der Waals surface area contributed by atoms with Gasteiger partial charge in [0.15, 0.2) is 6.61 Å². The Hall–Kier alpha value is -5.07. The minimum atomic E-state index is -5.08. The second-order valence-electron chi connectivity index (χ2n) is 9.29. The molecule has 0 saturated heterocycles. The number of nitrogens with zero attached hydrogens (tertiary/aromatic N) is 1. The molecule has 1 heterocycles. The SMILES string of the molecule is Nc1ccc(NC(=O)c2ccc(CN(C(=O)c3ccc4c(c3)OCC(=O)N4)C3CC3)cc2)cc1.O=C(O)C(F)(F)F. The molecule has 13 heteroatoms. The maximum absolute atomic E-state index is 13.3. The maximum Gasteiger partial charge on any atom is 0.490 e. The number of hydrogen-bond acceptors (Lipinski definition) is 6. The largest absolute Gasteiger partial charge is 0.490 e. The molecule has 3 aromatic rings. The van der Waals surface area contributed by atoms with Crippen molar-refractivity contribution in [2.45, 2.75) is 31.6 Å². The minimum absolute atomic E-state index is 0.0603. The number of anilines is 3. The topological polar surface area (TPSA) is 151 Å². The van der Waals surface area contributed by atoms with E-state index in [-0.39, 0.29) is 30.4 Å². The Morgan fingerprint density at radius 1 is 1.00 bits per heavy atom. The Morgan fingerprint density at radius 3 is 2.20 bits per heavy atom. The molecule has 1 aliphatic heterocycles. The summed E-state index contributed by atoms with van der Waals surface area (Å²) in [6, 6.07) is 19.5. The van der Waals surface area contributed by atoms with Gasteiger partial charge in [0, 0.05) is 35.1 Å². The quantitative estimate of drug-likeness (QED) is 0.323. The lowest BCUT2D eigenvalue weighted by Crippen LogP contribution is -2.33. The summed E-state index contributed by atoms with van der Waals surface area (Å²) in [4.78, 5) is 48.1. The van der Waals surface area contributed by atoms with Crippen LogP contribution < -0.4 is 21.1 Å². The van der Waals surface area contributed by atoms with E-state index in [1.54, 1.807) is 54.6 Å². The molecule has 0 radical (unpaired) electrons. The number of carboxylic acid groups (broad SMARTS) is 1. The standard InChI is InChI=1S/C26H24N4O4.C2HF3O2/c27-19-6-8-20(9-7-19)28-25(32)17-3-1-16(2-4-17)14-30(21-10-11-21)26(33)18-5-12-22-23(13-18)34-15-24(31)29-22;3-2(4,5)1(6)7/h1-9,12-13,21H,10-11,14-15,27H2,(H,28,32)(H,29,31);(H,6,7). The summed E-state index contributed by atoms with van der Waals surface area (Å²) in [6.45, 7) is 0.382. The molecule has 5 N–H and O–H groups in total. The number of fused-ring (bicyclic) bond motifs is 1. The number of carbonyl (C=O) groups is 4. The van der Waals surface area contributed by atoms with Gasteiger partial charge in [-0.1, -0.05) is 12.1 Å². The van der Waals surface area contributed by atoms with Crippen LogP contribution in [-0.2, 0) is 16.1 Å². The van der Waals surface area contributed by atoms with Gasteiger partial charge in [-0.15, -0.1) is 0 Å². The fourth-order valence-corrected chi connectivity index (χ4v) is 3.85. The number of nitrogens with one attached hydrogen (secondary N) is 2. The molecule has 3 aromatic carbocycles. The molecule has 0 aromatic heterocycles. The van der Waals surface area contributed by atoms with E-state index in [1.165, 1.54) is 0 Å². The zero-order valence-corrected chi connectivity index (χ0v) is 21.4. The fraction of sp³-hybridized carbons (Fsp3) is 0.214. The fourth-order valence-electron chi connectivity index (χ4n) is 3.85. The molecule has 0 atom stereocenters. The highest BCUT2D eigenvalue weighted by Crippen LogP contribution is 2.33. The van der Waals surface area contributed by atoms with E-state index in [0.29, 0.717) is 40.5 Å². The van der Waals surface area contributed by atoms with Crippen LogP contribution in [0.2, 0.25) is 0 Å². The van der Waals surface area contributed by atoms with Gasteiger partial charge < -0.3 is 31.1 Å². The average molecular weight is 571 g/mol. The molecule has 1 saturated carbocycles. The van der Waals surface area contributed by atoms with Gasteiger partial charge in [-0.3, -0.25) is 14.4 Å². The first kappa shape index (κ1) is 28.9. The van der Waals surface area contributed by atoms with E-state index < -0.39 is 12.1 Å². The smallest absolute Gasteiger partial charge is 0.482 e. The van der Waals surface area contributed by atoms with Crippen LogP contribution in [0.1, 0.15) is 39.1 Å². The Balaban J connectivity index is 0.000000493. The zero-order chi connectivity index (χ0) is 29.7. The van der Waals surface area contributed by atoms with Crippen molar-refractivity contribution < 1.29 is 42.2 Å². The summed E-state index contributed by atoms with van der Waals surface area (Å²) in [5.41, 5.74) is 9.53. The van der Waals surface area contributed by atoms with Crippen LogP contribution in [0.15, 0.2) is 66.7 Å². The Kier molecular flexibility index (Phi) is 8.45.